The number of hydrogen-bond acceptors (Lipinski definition) is 7. The lowest BCUT2D eigenvalue weighted by Crippen LogP contribution is -2.26. The molecule has 0 aliphatic carbocycles. The lowest BCUT2D eigenvalue weighted by molar-refractivity contribution is -0.392. The van der Waals surface area contributed by atoms with Crippen LogP contribution in [0.5, 0.6) is 0 Å². The first-order valence-corrected chi connectivity index (χ1v) is 8.03. The largest absolute Gasteiger partial charge is 0.360 e. The molecule has 0 aromatic heterocycles. The van der Waals surface area contributed by atoms with Crippen LogP contribution in [0.3, 0.4) is 0 Å². The molecule has 2 aliphatic rings. The fraction of sp³-hybridized carbons (Fsp3) is 0.600. The zero-order valence-electron chi connectivity index (χ0n) is 13.2. The van der Waals surface area contributed by atoms with Crippen molar-refractivity contribution in [1.29, 1.82) is 0 Å². The van der Waals surface area contributed by atoms with Crippen molar-refractivity contribution in [2.75, 3.05) is 31.2 Å². The molecule has 0 saturated carbocycles. The summed E-state index contributed by atoms with van der Waals surface area (Å²) < 4.78 is 10.7. The number of nitro groups is 2. The first kappa shape index (κ1) is 16.6. The highest BCUT2D eigenvalue weighted by molar-refractivity contribution is 5.76. The van der Waals surface area contributed by atoms with Crippen molar-refractivity contribution in [1.82, 2.24) is 0 Å². The second kappa shape index (κ2) is 7.10. The Morgan fingerprint density at radius 1 is 0.917 bits per heavy atom. The normalized spacial score (nSPS) is 19.2. The van der Waals surface area contributed by atoms with Crippen LogP contribution in [0.25, 0.3) is 0 Å². The summed E-state index contributed by atoms with van der Waals surface area (Å²) >= 11 is 0. The predicted molar refractivity (Wildman–Crippen MR) is 85.1 cm³/mol. The average Bonchev–Trinajstić information content (AvgIpc) is 2.96. The summed E-state index contributed by atoms with van der Waals surface area (Å²) in [6.45, 7) is 1.88. The van der Waals surface area contributed by atoms with E-state index < -0.39 is 16.1 Å². The highest BCUT2D eigenvalue weighted by Crippen LogP contribution is 2.42. The summed E-state index contributed by atoms with van der Waals surface area (Å²) in [7, 11) is 0. The molecule has 2 heterocycles. The minimum absolute atomic E-state index is 0.0913. The molecule has 0 unspecified atom stereocenters. The third kappa shape index (κ3) is 3.31. The second-order valence-electron chi connectivity index (χ2n) is 5.90. The number of anilines is 1. The Hall–Kier alpha value is -2.26. The fourth-order valence-corrected chi connectivity index (χ4v) is 3.21. The summed E-state index contributed by atoms with van der Waals surface area (Å²) in [6, 6.07) is 2.67. The zero-order chi connectivity index (χ0) is 17.1. The SMILES string of the molecule is O=[N+]([O-])c1cc(C2OCCO2)cc([N+](=O)[O-])c1N1CCCCCC1. The molecule has 0 spiro atoms. The van der Waals surface area contributed by atoms with Gasteiger partial charge in [-0.3, -0.25) is 20.2 Å². The van der Waals surface area contributed by atoms with Gasteiger partial charge in [0.2, 0.25) is 0 Å². The van der Waals surface area contributed by atoms with E-state index in [0.29, 0.717) is 31.9 Å². The van der Waals surface area contributed by atoms with Gasteiger partial charge in [0.25, 0.3) is 11.4 Å². The van der Waals surface area contributed by atoms with Crippen LogP contribution in [0, 0.1) is 20.2 Å². The predicted octanol–water partition coefficient (Wildman–Crippen LogP) is 2.93. The van der Waals surface area contributed by atoms with Crippen LogP contribution in [0.4, 0.5) is 17.1 Å². The molecule has 2 aliphatic heterocycles. The smallest absolute Gasteiger partial charge is 0.300 e. The van der Waals surface area contributed by atoms with Crippen LogP contribution in [0.15, 0.2) is 12.1 Å². The van der Waals surface area contributed by atoms with Gasteiger partial charge in [0.15, 0.2) is 12.0 Å². The molecule has 0 bridgehead atoms. The van der Waals surface area contributed by atoms with E-state index in [9.17, 15) is 20.2 Å². The third-order valence-electron chi connectivity index (χ3n) is 4.30. The molecule has 0 atom stereocenters. The van der Waals surface area contributed by atoms with Crippen molar-refractivity contribution in [3.63, 3.8) is 0 Å². The van der Waals surface area contributed by atoms with Gasteiger partial charge in [-0.1, -0.05) is 12.8 Å². The van der Waals surface area contributed by atoms with Gasteiger partial charge in [-0.2, -0.15) is 0 Å². The Morgan fingerprint density at radius 3 is 1.88 bits per heavy atom. The molecule has 0 N–H and O–H groups in total. The molecule has 2 fully saturated rings. The molecule has 130 valence electrons. The van der Waals surface area contributed by atoms with Gasteiger partial charge in [-0.15, -0.1) is 0 Å². The monoisotopic (exact) mass is 337 g/mol. The van der Waals surface area contributed by atoms with Crippen molar-refractivity contribution in [3.8, 4) is 0 Å². The van der Waals surface area contributed by atoms with E-state index in [4.69, 9.17) is 9.47 Å². The third-order valence-corrected chi connectivity index (χ3v) is 4.30. The van der Waals surface area contributed by atoms with Gasteiger partial charge in [0.05, 0.1) is 23.1 Å². The Bertz CT molecular complexity index is 601. The number of hydrogen-bond donors (Lipinski definition) is 0. The van der Waals surface area contributed by atoms with Crippen LogP contribution in [0.1, 0.15) is 37.5 Å². The molecule has 1 aromatic carbocycles. The van der Waals surface area contributed by atoms with Gasteiger partial charge < -0.3 is 14.4 Å². The van der Waals surface area contributed by atoms with Gasteiger partial charge in [-0.25, -0.2) is 0 Å². The molecule has 24 heavy (non-hydrogen) atoms. The molecule has 3 rings (SSSR count). The second-order valence-corrected chi connectivity index (χ2v) is 5.90. The van der Waals surface area contributed by atoms with E-state index >= 15 is 0 Å². The highest BCUT2D eigenvalue weighted by atomic mass is 16.7. The molecule has 9 heteroatoms. The van der Waals surface area contributed by atoms with E-state index in [1.165, 1.54) is 12.1 Å². The minimum atomic E-state index is -0.791. The summed E-state index contributed by atoms with van der Waals surface area (Å²) in [4.78, 5) is 23.8. The van der Waals surface area contributed by atoms with Crippen LogP contribution >= 0.6 is 0 Å². The van der Waals surface area contributed by atoms with Gasteiger partial charge >= 0.3 is 0 Å². The topological polar surface area (TPSA) is 108 Å². The summed E-state index contributed by atoms with van der Waals surface area (Å²) in [6.07, 6.45) is 3.00. The highest BCUT2D eigenvalue weighted by Gasteiger charge is 2.34. The zero-order valence-corrected chi connectivity index (χ0v) is 13.2. The summed E-state index contributed by atoms with van der Waals surface area (Å²) in [5.74, 6) is 0. The first-order valence-electron chi connectivity index (χ1n) is 8.03. The van der Waals surface area contributed by atoms with E-state index in [1.54, 1.807) is 4.90 Å². The van der Waals surface area contributed by atoms with Crippen LogP contribution in [-0.2, 0) is 9.47 Å². The standard InChI is InChI=1S/C15H19N3O6/c19-17(20)12-9-11(15-23-7-8-24-15)10-13(18(21)22)14(12)16-5-3-1-2-4-6-16/h9-10,15H,1-8H2. The number of nitrogens with zero attached hydrogens (tertiary/aromatic N) is 3. The van der Waals surface area contributed by atoms with Crippen LogP contribution < -0.4 is 4.90 Å². The van der Waals surface area contributed by atoms with Crippen molar-refractivity contribution >= 4 is 17.1 Å². The van der Waals surface area contributed by atoms with E-state index in [1.807, 2.05) is 0 Å². The maximum atomic E-state index is 11.6. The Balaban J connectivity index is 2.10. The number of nitro benzene ring substituents is 2. The Labute approximate surface area is 138 Å². The van der Waals surface area contributed by atoms with Gasteiger partial charge in [-0.05, 0) is 12.8 Å². The first-order chi connectivity index (χ1) is 11.6. The molecular formula is C15H19N3O6. The average molecular weight is 337 g/mol. The van der Waals surface area contributed by atoms with Crippen molar-refractivity contribution in [2.24, 2.45) is 0 Å². The van der Waals surface area contributed by atoms with Crippen molar-refractivity contribution in [3.05, 3.63) is 37.9 Å². The van der Waals surface area contributed by atoms with Gasteiger partial charge in [0.1, 0.15) is 0 Å². The lowest BCUT2D eigenvalue weighted by atomic mass is 10.1. The maximum absolute atomic E-state index is 11.6. The lowest BCUT2D eigenvalue weighted by Gasteiger charge is -2.22. The molecular weight excluding hydrogens is 318 g/mol. The van der Waals surface area contributed by atoms with E-state index in [0.717, 1.165) is 25.7 Å². The molecule has 0 amide bonds. The number of benzene rings is 1. The van der Waals surface area contributed by atoms with E-state index in [-0.39, 0.29) is 17.1 Å². The number of rotatable bonds is 4. The number of ether oxygens (including phenoxy) is 2. The molecule has 9 nitrogen and oxygen atoms in total. The van der Waals surface area contributed by atoms with Crippen LogP contribution in [0.2, 0.25) is 0 Å². The molecule has 0 radical (unpaired) electrons. The van der Waals surface area contributed by atoms with Gasteiger partial charge in [0, 0.05) is 30.8 Å². The fourth-order valence-electron chi connectivity index (χ4n) is 3.21. The quantitative estimate of drug-likeness (QED) is 0.614. The van der Waals surface area contributed by atoms with Crippen molar-refractivity contribution in [2.45, 2.75) is 32.0 Å². The molecule has 2 saturated heterocycles. The van der Waals surface area contributed by atoms with Crippen molar-refractivity contribution < 1.29 is 19.3 Å². The van der Waals surface area contributed by atoms with E-state index in [2.05, 4.69) is 0 Å². The summed E-state index contributed by atoms with van der Waals surface area (Å²) in [5.41, 5.74) is -0.126. The Kier molecular flexibility index (Phi) is 4.91. The summed E-state index contributed by atoms with van der Waals surface area (Å²) in [5, 5.41) is 23.1. The maximum Gasteiger partial charge on any atom is 0.300 e. The molecule has 1 aromatic rings. The Morgan fingerprint density at radius 2 is 1.42 bits per heavy atom. The minimum Gasteiger partial charge on any atom is -0.360 e. The van der Waals surface area contributed by atoms with Crippen LogP contribution in [-0.4, -0.2) is 36.1 Å².